The number of aliphatic hydroxyl groups excluding tert-OH is 1. The quantitative estimate of drug-likeness (QED) is 0.712. The Kier molecular flexibility index (Phi) is 4.60. The van der Waals surface area contributed by atoms with Crippen molar-refractivity contribution in [2.45, 2.75) is 32.3 Å². The molecule has 4 heteroatoms. The average Bonchev–Trinajstić information content (AvgIpc) is 2.94. The van der Waals surface area contributed by atoms with Crippen molar-refractivity contribution in [2.24, 2.45) is 0 Å². The third-order valence-electron chi connectivity index (χ3n) is 5.21. The largest absolute Gasteiger partial charge is 0.491 e. The van der Waals surface area contributed by atoms with Crippen LogP contribution in [0.25, 0.3) is 10.8 Å². The number of aliphatic hydroxyl groups is 1. The molecule has 1 amide bonds. The first-order valence-corrected chi connectivity index (χ1v) is 9.59. The molecule has 4 rings (SSSR count). The predicted molar refractivity (Wildman–Crippen MR) is 112 cm³/mol. The van der Waals surface area contributed by atoms with Crippen LogP contribution in [0, 0.1) is 0 Å². The van der Waals surface area contributed by atoms with E-state index in [0.717, 1.165) is 16.5 Å². The topological polar surface area (TPSA) is 49.8 Å². The lowest BCUT2D eigenvalue weighted by Gasteiger charge is -2.22. The molecular weight excluding hydrogens is 350 g/mol. The Morgan fingerprint density at radius 2 is 1.68 bits per heavy atom. The lowest BCUT2D eigenvalue weighted by molar-refractivity contribution is 0.0913. The fraction of sp³-hybridized carbons (Fsp3) is 0.292. The van der Waals surface area contributed by atoms with Crippen LogP contribution in [0.5, 0.6) is 5.75 Å². The van der Waals surface area contributed by atoms with Crippen molar-refractivity contribution < 1.29 is 14.6 Å². The van der Waals surface area contributed by atoms with Gasteiger partial charge in [-0.1, -0.05) is 57.2 Å². The smallest absolute Gasteiger partial charge is 0.259 e. The number of anilines is 1. The second-order valence-corrected chi connectivity index (χ2v) is 8.34. The van der Waals surface area contributed by atoms with Gasteiger partial charge in [0.25, 0.3) is 5.91 Å². The first kappa shape index (κ1) is 18.5. The molecule has 1 aliphatic rings. The highest BCUT2D eigenvalue weighted by atomic mass is 16.5. The van der Waals surface area contributed by atoms with Crippen molar-refractivity contribution >= 4 is 22.4 Å². The van der Waals surface area contributed by atoms with Crippen LogP contribution < -0.4 is 9.64 Å². The van der Waals surface area contributed by atoms with Gasteiger partial charge in [0.2, 0.25) is 0 Å². The van der Waals surface area contributed by atoms with Crippen LogP contribution in [0.4, 0.5) is 5.69 Å². The normalized spacial score (nSPS) is 14.6. The van der Waals surface area contributed by atoms with Gasteiger partial charge < -0.3 is 14.7 Å². The summed E-state index contributed by atoms with van der Waals surface area (Å²) in [4.78, 5) is 14.4. The molecule has 3 aromatic rings. The second kappa shape index (κ2) is 6.95. The van der Waals surface area contributed by atoms with E-state index in [1.807, 2.05) is 60.7 Å². The number of nitrogens with zero attached hydrogens (tertiary/aromatic N) is 1. The van der Waals surface area contributed by atoms with Crippen LogP contribution >= 0.6 is 0 Å². The third kappa shape index (κ3) is 3.36. The van der Waals surface area contributed by atoms with Gasteiger partial charge in [-0.25, -0.2) is 0 Å². The van der Waals surface area contributed by atoms with Gasteiger partial charge in [0, 0.05) is 10.9 Å². The van der Waals surface area contributed by atoms with Gasteiger partial charge in [0.15, 0.2) is 0 Å². The Morgan fingerprint density at radius 1 is 1.00 bits per heavy atom. The number of β-amino-alcohol motifs (C(OH)–C–C–N with tert-alkyl or cyclic N) is 1. The van der Waals surface area contributed by atoms with Gasteiger partial charge in [-0.05, 0) is 40.6 Å². The summed E-state index contributed by atoms with van der Waals surface area (Å²) in [6.45, 7) is 6.83. The number of hydrogen-bond acceptors (Lipinski definition) is 3. The molecule has 0 saturated carbocycles. The summed E-state index contributed by atoms with van der Waals surface area (Å²) in [5, 5.41) is 12.5. The first-order chi connectivity index (χ1) is 13.3. The van der Waals surface area contributed by atoms with Crippen molar-refractivity contribution in [1.29, 1.82) is 0 Å². The molecule has 1 heterocycles. The highest BCUT2D eigenvalue weighted by molar-refractivity contribution is 6.25. The van der Waals surface area contributed by atoms with E-state index in [0.29, 0.717) is 11.3 Å². The number of benzene rings is 3. The molecule has 1 unspecified atom stereocenters. The maximum absolute atomic E-state index is 12.8. The molecule has 4 nitrogen and oxygen atoms in total. The Hall–Kier alpha value is -2.85. The molecule has 1 atom stereocenters. The highest BCUT2D eigenvalue weighted by Crippen LogP contribution is 2.37. The van der Waals surface area contributed by atoms with Crippen molar-refractivity contribution in [3.05, 3.63) is 71.8 Å². The minimum absolute atomic E-state index is 0.0691. The van der Waals surface area contributed by atoms with Crippen LogP contribution in [0.3, 0.4) is 0 Å². The van der Waals surface area contributed by atoms with E-state index in [1.54, 1.807) is 4.90 Å². The molecule has 1 N–H and O–H groups in total. The minimum Gasteiger partial charge on any atom is -0.491 e. The first-order valence-electron chi connectivity index (χ1n) is 9.59. The maximum atomic E-state index is 12.8. The molecule has 0 spiro atoms. The Labute approximate surface area is 165 Å². The summed E-state index contributed by atoms with van der Waals surface area (Å²) in [7, 11) is 0. The van der Waals surface area contributed by atoms with Crippen LogP contribution in [0.2, 0.25) is 0 Å². The van der Waals surface area contributed by atoms with Gasteiger partial charge in [-0.15, -0.1) is 0 Å². The van der Waals surface area contributed by atoms with E-state index >= 15 is 0 Å². The van der Waals surface area contributed by atoms with Gasteiger partial charge in [0.05, 0.1) is 12.2 Å². The zero-order valence-corrected chi connectivity index (χ0v) is 16.5. The maximum Gasteiger partial charge on any atom is 0.259 e. The summed E-state index contributed by atoms with van der Waals surface area (Å²) in [6.07, 6.45) is -0.782. The molecule has 1 aliphatic heterocycles. The molecule has 0 aliphatic carbocycles. The van der Waals surface area contributed by atoms with E-state index in [1.165, 1.54) is 5.56 Å². The van der Waals surface area contributed by atoms with E-state index in [-0.39, 0.29) is 24.5 Å². The molecule has 0 radical (unpaired) electrons. The Morgan fingerprint density at radius 3 is 2.36 bits per heavy atom. The second-order valence-electron chi connectivity index (χ2n) is 8.34. The SMILES string of the molecule is CC(C)(C)c1ccc(OCC(O)CN2C(=O)c3cccc4cccc2c34)cc1. The summed E-state index contributed by atoms with van der Waals surface area (Å²) in [5.41, 5.74) is 2.86. The molecule has 0 fully saturated rings. The van der Waals surface area contributed by atoms with Crippen LogP contribution in [0.15, 0.2) is 60.7 Å². The van der Waals surface area contributed by atoms with Crippen molar-refractivity contribution in [3.63, 3.8) is 0 Å². The number of amides is 1. The van der Waals surface area contributed by atoms with E-state index in [2.05, 4.69) is 20.8 Å². The zero-order chi connectivity index (χ0) is 19.9. The molecular formula is C24H25NO3. The standard InChI is InChI=1S/C24H25NO3/c1-24(2,3)17-10-12-19(13-11-17)28-15-18(26)14-25-21-9-5-7-16-6-4-8-20(22(16)21)23(25)27/h4-13,18,26H,14-15H2,1-3H3. The van der Waals surface area contributed by atoms with E-state index < -0.39 is 6.10 Å². The zero-order valence-electron chi connectivity index (χ0n) is 16.5. The number of carbonyl (C=O) groups excluding carboxylic acids is 1. The highest BCUT2D eigenvalue weighted by Gasteiger charge is 2.30. The minimum atomic E-state index is -0.782. The predicted octanol–water partition coefficient (Wildman–Crippen LogP) is 4.54. The van der Waals surface area contributed by atoms with E-state index in [9.17, 15) is 9.90 Å². The number of hydrogen-bond donors (Lipinski definition) is 1. The van der Waals surface area contributed by atoms with Gasteiger partial charge >= 0.3 is 0 Å². The molecule has 28 heavy (non-hydrogen) atoms. The summed E-state index contributed by atoms with van der Waals surface area (Å²) in [5.74, 6) is 0.644. The van der Waals surface area contributed by atoms with Crippen LogP contribution in [0.1, 0.15) is 36.7 Å². The van der Waals surface area contributed by atoms with Crippen LogP contribution in [-0.4, -0.2) is 30.3 Å². The summed E-state index contributed by atoms with van der Waals surface area (Å²) >= 11 is 0. The number of carbonyl (C=O) groups is 1. The Balaban J connectivity index is 1.43. The van der Waals surface area contributed by atoms with Gasteiger partial charge in [-0.3, -0.25) is 4.79 Å². The molecule has 0 saturated heterocycles. The molecule has 0 bridgehead atoms. The Bertz CT molecular complexity index is 1010. The average molecular weight is 375 g/mol. The lowest BCUT2D eigenvalue weighted by Crippen LogP contribution is -2.37. The lowest BCUT2D eigenvalue weighted by atomic mass is 9.87. The van der Waals surface area contributed by atoms with Gasteiger partial charge in [-0.2, -0.15) is 0 Å². The van der Waals surface area contributed by atoms with Crippen LogP contribution in [-0.2, 0) is 5.41 Å². The van der Waals surface area contributed by atoms with E-state index in [4.69, 9.17) is 4.74 Å². The summed E-state index contributed by atoms with van der Waals surface area (Å²) < 4.78 is 5.74. The summed E-state index contributed by atoms with van der Waals surface area (Å²) in [6, 6.07) is 19.5. The monoisotopic (exact) mass is 375 g/mol. The van der Waals surface area contributed by atoms with Crippen molar-refractivity contribution in [3.8, 4) is 5.75 Å². The van der Waals surface area contributed by atoms with Gasteiger partial charge in [0.1, 0.15) is 18.5 Å². The van der Waals surface area contributed by atoms with Crippen molar-refractivity contribution in [1.82, 2.24) is 0 Å². The fourth-order valence-corrected chi connectivity index (χ4v) is 3.67. The molecule has 144 valence electrons. The molecule has 0 aromatic heterocycles. The number of rotatable bonds is 5. The molecule has 3 aromatic carbocycles. The third-order valence-corrected chi connectivity index (χ3v) is 5.21. The van der Waals surface area contributed by atoms with Crippen molar-refractivity contribution in [2.75, 3.05) is 18.1 Å². The number of ether oxygens (including phenoxy) is 1. The fourth-order valence-electron chi connectivity index (χ4n) is 3.67.